The quantitative estimate of drug-likeness (QED) is 0.389. The third-order valence-electron chi connectivity index (χ3n) is 1.71. The van der Waals surface area contributed by atoms with Crippen molar-refractivity contribution in [2.75, 3.05) is 6.61 Å². The normalized spacial score (nSPS) is 9.69. The van der Waals surface area contributed by atoms with Gasteiger partial charge < -0.3 is 10.1 Å². The summed E-state index contributed by atoms with van der Waals surface area (Å²) in [5.41, 5.74) is 0.483. The van der Waals surface area contributed by atoms with Crippen LogP contribution in [0.5, 0.6) is 0 Å². The van der Waals surface area contributed by atoms with E-state index in [1.54, 1.807) is 0 Å². The first-order valence-corrected chi connectivity index (χ1v) is 5.37. The number of ether oxygens (including phenoxy) is 1. The van der Waals surface area contributed by atoms with Gasteiger partial charge in [-0.25, -0.2) is 0 Å². The first kappa shape index (κ1) is 12.6. The molecule has 2 nitrogen and oxygen atoms in total. The highest BCUT2D eigenvalue weighted by Crippen LogP contribution is 2.02. The summed E-state index contributed by atoms with van der Waals surface area (Å²) >= 11 is 4.94. The lowest BCUT2D eigenvalue weighted by Gasteiger charge is -2.06. The Hall–Kier alpha value is -0.440. The van der Waals surface area contributed by atoms with Crippen LogP contribution >= 0.6 is 12.2 Å². The van der Waals surface area contributed by atoms with Crippen LogP contribution in [0.15, 0.2) is 0 Å². The minimum atomic E-state index is 0.387. The summed E-state index contributed by atoms with van der Waals surface area (Å²) in [5, 5.41) is 7.97. The van der Waals surface area contributed by atoms with Crippen molar-refractivity contribution >= 4 is 23.0 Å². The molecule has 0 heterocycles. The predicted molar refractivity (Wildman–Crippen MR) is 60.7 cm³/mol. The smallest absolute Gasteiger partial charge is 0.205 e. The largest absolute Gasteiger partial charge is 0.482 e. The Morgan fingerprint density at radius 1 is 1.23 bits per heavy atom. The highest BCUT2D eigenvalue weighted by molar-refractivity contribution is 7.81. The lowest BCUT2D eigenvalue weighted by atomic mass is 10.1. The van der Waals surface area contributed by atoms with Crippen LogP contribution in [0.4, 0.5) is 0 Å². The van der Waals surface area contributed by atoms with E-state index >= 15 is 0 Å². The predicted octanol–water partition coefficient (Wildman–Crippen LogP) is 3.34. The van der Waals surface area contributed by atoms with Gasteiger partial charge in [0, 0.05) is 0 Å². The molecule has 0 fully saturated rings. The molecular formula is C10H19NOS. The lowest BCUT2D eigenvalue weighted by Crippen LogP contribution is -2.14. The van der Waals surface area contributed by atoms with Gasteiger partial charge in [-0.05, 0) is 31.5 Å². The van der Waals surface area contributed by atoms with Crippen LogP contribution < -0.4 is 0 Å². The molecule has 0 spiro atoms. The van der Waals surface area contributed by atoms with E-state index in [2.05, 4.69) is 6.92 Å². The van der Waals surface area contributed by atoms with Gasteiger partial charge in [-0.3, -0.25) is 0 Å². The van der Waals surface area contributed by atoms with Crippen molar-refractivity contribution in [1.29, 1.82) is 5.41 Å². The van der Waals surface area contributed by atoms with Crippen LogP contribution in [-0.4, -0.2) is 17.4 Å². The fourth-order valence-corrected chi connectivity index (χ4v) is 1.12. The van der Waals surface area contributed by atoms with Gasteiger partial charge in [-0.2, -0.15) is 0 Å². The SMILES string of the molecule is CCCCCC(=N)C(=S)OCCC. The first-order valence-electron chi connectivity index (χ1n) is 4.96. The van der Waals surface area contributed by atoms with Crippen molar-refractivity contribution < 1.29 is 4.74 Å². The van der Waals surface area contributed by atoms with Crippen molar-refractivity contribution in [2.24, 2.45) is 0 Å². The van der Waals surface area contributed by atoms with E-state index in [4.69, 9.17) is 22.4 Å². The summed E-state index contributed by atoms with van der Waals surface area (Å²) < 4.78 is 5.19. The van der Waals surface area contributed by atoms with E-state index in [1.807, 2.05) is 6.92 Å². The molecule has 0 saturated heterocycles. The second kappa shape index (κ2) is 8.17. The summed E-state index contributed by atoms with van der Waals surface area (Å²) in [6.07, 6.45) is 5.10. The number of hydrogen-bond acceptors (Lipinski definition) is 3. The summed E-state index contributed by atoms with van der Waals surface area (Å²) in [6, 6.07) is 0. The molecule has 13 heavy (non-hydrogen) atoms. The number of hydrogen-bond donors (Lipinski definition) is 1. The molecule has 0 rings (SSSR count). The van der Waals surface area contributed by atoms with Crippen molar-refractivity contribution in [3.05, 3.63) is 0 Å². The van der Waals surface area contributed by atoms with Crippen molar-refractivity contribution in [2.45, 2.75) is 46.0 Å². The van der Waals surface area contributed by atoms with Gasteiger partial charge in [0.25, 0.3) is 0 Å². The fraction of sp³-hybridized carbons (Fsp3) is 0.800. The summed E-state index contributed by atoms with van der Waals surface area (Å²) in [6.45, 7) is 4.81. The molecule has 0 amide bonds. The number of thiocarbonyl (C=S) groups is 1. The maximum Gasteiger partial charge on any atom is 0.205 e. The molecule has 0 radical (unpaired) electrons. The van der Waals surface area contributed by atoms with Gasteiger partial charge in [-0.15, -0.1) is 0 Å². The van der Waals surface area contributed by atoms with Crippen LogP contribution in [0.2, 0.25) is 0 Å². The summed E-state index contributed by atoms with van der Waals surface area (Å²) in [5.74, 6) is 0. The van der Waals surface area contributed by atoms with E-state index in [0.717, 1.165) is 19.3 Å². The van der Waals surface area contributed by atoms with Crippen molar-refractivity contribution in [3.8, 4) is 0 Å². The second-order valence-corrected chi connectivity index (χ2v) is 3.44. The molecule has 0 saturated carbocycles. The number of nitrogens with one attached hydrogen (secondary N) is 1. The standard InChI is InChI=1S/C10H19NOS/c1-3-5-6-7-9(11)10(13)12-8-4-2/h11H,3-8H2,1-2H3. The molecular weight excluding hydrogens is 182 g/mol. The van der Waals surface area contributed by atoms with Gasteiger partial charge in [0.2, 0.25) is 5.05 Å². The molecule has 0 atom stereocenters. The van der Waals surface area contributed by atoms with E-state index in [9.17, 15) is 0 Å². The molecule has 0 aliphatic rings. The molecule has 76 valence electrons. The lowest BCUT2D eigenvalue weighted by molar-refractivity contribution is 0.317. The summed E-state index contributed by atoms with van der Waals surface area (Å²) in [7, 11) is 0. The van der Waals surface area contributed by atoms with Crippen LogP contribution in [0.1, 0.15) is 46.0 Å². The van der Waals surface area contributed by atoms with E-state index in [-0.39, 0.29) is 0 Å². The molecule has 0 aromatic carbocycles. The molecule has 0 unspecified atom stereocenters. The Bertz CT molecular complexity index is 168. The zero-order valence-electron chi connectivity index (χ0n) is 8.56. The number of unbranched alkanes of at least 4 members (excludes halogenated alkanes) is 2. The fourth-order valence-electron chi connectivity index (χ4n) is 0.936. The molecule has 1 N–H and O–H groups in total. The van der Waals surface area contributed by atoms with Gasteiger partial charge in [0.05, 0.1) is 12.3 Å². The Balaban J connectivity index is 3.51. The molecule has 0 aromatic heterocycles. The minimum absolute atomic E-state index is 0.387. The van der Waals surface area contributed by atoms with E-state index < -0.39 is 0 Å². The van der Waals surface area contributed by atoms with Gasteiger partial charge >= 0.3 is 0 Å². The zero-order chi connectivity index (χ0) is 10.1. The Kier molecular flexibility index (Phi) is 7.90. The Morgan fingerprint density at radius 3 is 2.46 bits per heavy atom. The number of rotatable bonds is 7. The second-order valence-electron chi connectivity index (χ2n) is 3.07. The van der Waals surface area contributed by atoms with Gasteiger partial charge in [0.1, 0.15) is 0 Å². The topological polar surface area (TPSA) is 33.1 Å². The zero-order valence-corrected chi connectivity index (χ0v) is 9.38. The third kappa shape index (κ3) is 6.70. The van der Waals surface area contributed by atoms with Crippen LogP contribution in [0, 0.1) is 5.41 Å². The van der Waals surface area contributed by atoms with Crippen molar-refractivity contribution in [3.63, 3.8) is 0 Å². The monoisotopic (exact) mass is 201 g/mol. The third-order valence-corrected chi connectivity index (χ3v) is 2.08. The average Bonchev–Trinajstić information content (AvgIpc) is 2.14. The molecule has 0 bridgehead atoms. The first-order chi connectivity index (χ1) is 6.22. The molecule has 0 aliphatic heterocycles. The molecule has 3 heteroatoms. The highest BCUT2D eigenvalue weighted by Gasteiger charge is 2.04. The average molecular weight is 201 g/mol. The van der Waals surface area contributed by atoms with E-state index in [0.29, 0.717) is 17.4 Å². The van der Waals surface area contributed by atoms with E-state index in [1.165, 1.54) is 12.8 Å². The maximum absolute atomic E-state index is 7.59. The van der Waals surface area contributed by atoms with Crippen LogP contribution in [-0.2, 0) is 4.74 Å². The van der Waals surface area contributed by atoms with Gasteiger partial charge in [0.15, 0.2) is 0 Å². The minimum Gasteiger partial charge on any atom is -0.482 e. The van der Waals surface area contributed by atoms with Crippen LogP contribution in [0.25, 0.3) is 0 Å². The van der Waals surface area contributed by atoms with Gasteiger partial charge in [-0.1, -0.05) is 26.7 Å². The Labute approximate surface area is 86.2 Å². The molecule has 0 aromatic rings. The van der Waals surface area contributed by atoms with Crippen molar-refractivity contribution in [1.82, 2.24) is 0 Å². The summed E-state index contributed by atoms with van der Waals surface area (Å²) in [4.78, 5) is 0. The molecule has 0 aliphatic carbocycles. The maximum atomic E-state index is 7.59. The Morgan fingerprint density at radius 2 is 1.92 bits per heavy atom. The highest BCUT2D eigenvalue weighted by atomic mass is 32.1. The van der Waals surface area contributed by atoms with Crippen LogP contribution in [0.3, 0.4) is 0 Å².